The second kappa shape index (κ2) is 5.09. The summed E-state index contributed by atoms with van der Waals surface area (Å²) in [5.41, 5.74) is 1.16. The van der Waals surface area contributed by atoms with Gasteiger partial charge in [0.05, 0.1) is 12.2 Å². The number of aromatic nitrogens is 1. The monoisotopic (exact) mass is 302 g/mol. The number of thiophene rings is 1. The van der Waals surface area contributed by atoms with E-state index in [4.69, 9.17) is 0 Å². The van der Waals surface area contributed by atoms with Gasteiger partial charge in [0.2, 0.25) is 0 Å². The van der Waals surface area contributed by atoms with E-state index in [-0.39, 0.29) is 0 Å². The minimum Gasteiger partial charge on any atom is -0.357 e. The molecular weight excluding hydrogens is 292 g/mol. The van der Waals surface area contributed by atoms with E-state index in [0.29, 0.717) is 0 Å². The van der Waals surface area contributed by atoms with Gasteiger partial charge in [-0.05, 0) is 28.4 Å². The third kappa shape index (κ3) is 3.03. The van der Waals surface area contributed by atoms with Crippen molar-refractivity contribution < 1.29 is 0 Å². The van der Waals surface area contributed by atoms with Gasteiger partial charge < -0.3 is 5.32 Å². The minimum absolute atomic E-state index is 0.854. The molecule has 0 bridgehead atoms. The average molecular weight is 303 g/mol. The molecule has 2 rings (SSSR count). The lowest BCUT2D eigenvalue weighted by Crippen LogP contribution is -1.96. The van der Waals surface area contributed by atoms with Crippen molar-refractivity contribution in [1.29, 1.82) is 0 Å². The first kappa shape index (κ1) is 11.1. The van der Waals surface area contributed by atoms with Gasteiger partial charge in [-0.3, -0.25) is 0 Å². The van der Waals surface area contributed by atoms with Crippen LogP contribution in [0.2, 0.25) is 0 Å². The molecular formula is C10H11BrN2S2. The smallest absolute Gasteiger partial charge is 0.183 e. The molecule has 5 heteroatoms. The van der Waals surface area contributed by atoms with Crippen molar-refractivity contribution in [1.82, 2.24) is 4.98 Å². The Morgan fingerprint density at radius 2 is 2.27 bits per heavy atom. The predicted octanol–water partition coefficient (Wildman–Crippen LogP) is 4.14. The van der Waals surface area contributed by atoms with Crippen LogP contribution in [0.3, 0.4) is 0 Å². The molecule has 0 spiro atoms. The van der Waals surface area contributed by atoms with Crippen LogP contribution in [0.15, 0.2) is 21.3 Å². The van der Waals surface area contributed by atoms with Crippen LogP contribution in [0.5, 0.6) is 0 Å². The molecule has 2 aromatic rings. The van der Waals surface area contributed by atoms with Gasteiger partial charge in [-0.25, -0.2) is 4.98 Å². The first-order valence-corrected chi connectivity index (χ1v) is 7.24. The Bertz CT molecular complexity index is 436. The van der Waals surface area contributed by atoms with Gasteiger partial charge in [0.1, 0.15) is 0 Å². The average Bonchev–Trinajstić information content (AvgIpc) is 2.83. The molecule has 15 heavy (non-hydrogen) atoms. The molecule has 0 unspecified atom stereocenters. The highest BCUT2D eigenvalue weighted by atomic mass is 79.9. The van der Waals surface area contributed by atoms with Gasteiger partial charge in [-0.1, -0.05) is 6.92 Å². The summed E-state index contributed by atoms with van der Waals surface area (Å²) in [5.74, 6) is 0. The van der Waals surface area contributed by atoms with Crippen molar-refractivity contribution in [2.24, 2.45) is 0 Å². The molecule has 0 atom stereocenters. The van der Waals surface area contributed by atoms with E-state index >= 15 is 0 Å². The summed E-state index contributed by atoms with van der Waals surface area (Å²) in [7, 11) is 0. The number of nitrogens with zero attached hydrogens (tertiary/aromatic N) is 1. The molecule has 0 saturated heterocycles. The second-order valence-corrected chi connectivity index (χ2v) is 5.85. The van der Waals surface area contributed by atoms with Crippen LogP contribution in [0.1, 0.15) is 17.5 Å². The van der Waals surface area contributed by atoms with Crippen LogP contribution in [-0.4, -0.2) is 4.98 Å². The van der Waals surface area contributed by atoms with Crippen molar-refractivity contribution in [3.63, 3.8) is 0 Å². The fourth-order valence-electron chi connectivity index (χ4n) is 1.16. The lowest BCUT2D eigenvalue weighted by molar-refractivity contribution is 1.05. The van der Waals surface area contributed by atoms with Crippen LogP contribution in [0.25, 0.3) is 0 Å². The molecule has 2 nitrogen and oxygen atoms in total. The van der Waals surface area contributed by atoms with E-state index < -0.39 is 0 Å². The van der Waals surface area contributed by atoms with Crippen molar-refractivity contribution in [2.75, 3.05) is 5.32 Å². The van der Waals surface area contributed by atoms with Crippen LogP contribution < -0.4 is 5.32 Å². The van der Waals surface area contributed by atoms with Crippen molar-refractivity contribution in [3.05, 3.63) is 31.9 Å². The zero-order valence-corrected chi connectivity index (χ0v) is 11.5. The number of hydrogen-bond acceptors (Lipinski definition) is 4. The Morgan fingerprint density at radius 1 is 1.40 bits per heavy atom. The van der Waals surface area contributed by atoms with Gasteiger partial charge in [0.15, 0.2) is 5.13 Å². The largest absolute Gasteiger partial charge is 0.357 e. The lowest BCUT2D eigenvalue weighted by atomic mass is 10.4. The molecule has 0 saturated carbocycles. The number of nitrogens with one attached hydrogen (secondary N) is 1. The fraction of sp³-hybridized carbons (Fsp3) is 0.300. The molecule has 0 aromatic carbocycles. The number of thiazole rings is 1. The maximum absolute atomic E-state index is 4.45. The SMILES string of the molecule is CCc1csc(NCc2cc(Br)cs2)n1. The first-order valence-electron chi connectivity index (χ1n) is 4.69. The van der Waals surface area contributed by atoms with E-state index in [1.54, 1.807) is 22.7 Å². The van der Waals surface area contributed by atoms with Gasteiger partial charge in [-0.15, -0.1) is 22.7 Å². The van der Waals surface area contributed by atoms with E-state index in [9.17, 15) is 0 Å². The third-order valence-electron chi connectivity index (χ3n) is 1.95. The number of hydrogen-bond donors (Lipinski definition) is 1. The molecule has 1 N–H and O–H groups in total. The summed E-state index contributed by atoms with van der Waals surface area (Å²) in [5, 5.41) is 8.53. The zero-order chi connectivity index (χ0) is 10.7. The van der Waals surface area contributed by atoms with Crippen LogP contribution >= 0.6 is 38.6 Å². The maximum Gasteiger partial charge on any atom is 0.183 e. The Hall–Kier alpha value is -0.390. The number of rotatable bonds is 4. The van der Waals surface area contributed by atoms with Gasteiger partial charge in [-0.2, -0.15) is 0 Å². The highest BCUT2D eigenvalue weighted by molar-refractivity contribution is 9.10. The Labute approximate surface area is 106 Å². The van der Waals surface area contributed by atoms with E-state index in [0.717, 1.165) is 28.3 Å². The molecule has 0 radical (unpaired) electrons. The summed E-state index contributed by atoms with van der Waals surface area (Å²) in [6, 6.07) is 2.13. The highest BCUT2D eigenvalue weighted by Crippen LogP contribution is 2.22. The summed E-state index contributed by atoms with van der Waals surface area (Å²) < 4.78 is 1.15. The number of anilines is 1. The zero-order valence-electron chi connectivity index (χ0n) is 8.29. The van der Waals surface area contributed by atoms with E-state index in [1.165, 1.54) is 4.88 Å². The summed E-state index contributed by atoms with van der Waals surface area (Å²) >= 11 is 6.86. The normalized spacial score (nSPS) is 10.5. The third-order valence-corrected chi connectivity index (χ3v) is 4.50. The fourth-order valence-corrected chi connectivity index (χ4v) is 3.34. The van der Waals surface area contributed by atoms with Crippen LogP contribution in [-0.2, 0) is 13.0 Å². The Balaban J connectivity index is 1.93. The van der Waals surface area contributed by atoms with Gasteiger partial charge in [0.25, 0.3) is 0 Å². The van der Waals surface area contributed by atoms with Crippen molar-refractivity contribution in [2.45, 2.75) is 19.9 Å². The highest BCUT2D eigenvalue weighted by Gasteiger charge is 2.01. The molecule has 0 aliphatic carbocycles. The Morgan fingerprint density at radius 3 is 2.87 bits per heavy atom. The molecule has 2 heterocycles. The number of aryl methyl sites for hydroxylation is 1. The molecule has 2 aromatic heterocycles. The van der Waals surface area contributed by atoms with Crippen molar-refractivity contribution in [3.8, 4) is 0 Å². The topological polar surface area (TPSA) is 24.9 Å². The minimum atomic E-state index is 0.854. The van der Waals surface area contributed by atoms with Gasteiger partial charge >= 0.3 is 0 Å². The maximum atomic E-state index is 4.45. The predicted molar refractivity (Wildman–Crippen MR) is 70.8 cm³/mol. The molecule has 0 aliphatic heterocycles. The summed E-state index contributed by atoms with van der Waals surface area (Å²) in [6.07, 6.45) is 1.00. The number of halogens is 1. The lowest BCUT2D eigenvalue weighted by Gasteiger charge is -1.98. The summed E-state index contributed by atoms with van der Waals surface area (Å²) in [4.78, 5) is 5.77. The Kier molecular flexibility index (Phi) is 3.77. The van der Waals surface area contributed by atoms with Crippen LogP contribution in [0.4, 0.5) is 5.13 Å². The van der Waals surface area contributed by atoms with Gasteiger partial charge in [0, 0.05) is 20.1 Å². The molecule has 0 fully saturated rings. The molecule has 0 aliphatic rings. The summed E-state index contributed by atoms with van der Waals surface area (Å²) in [6.45, 7) is 2.97. The quantitative estimate of drug-likeness (QED) is 0.918. The van der Waals surface area contributed by atoms with E-state index in [2.05, 4.69) is 50.0 Å². The van der Waals surface area contributed by atoms with Crippen molar-refractivity contribution >= 4 is 43.7 Å². The molecule has 0 amide bonds. The standard InChI is InChI=1S/C10H11BrN2S2/c1-2-8-6-15-10(13-8)12-4-9-3-7(11)5-14-9/h3,5-6H,2,4H2,1H3,(H,12,13). The second-order valence-electron chi connectivity index (χ2n) is 3.08. The molecule has 80 valence electrons. The van der Waals surface area contributed by atoms with E-state index in [1.807, 2.05) is 0 Å². The van der Waals surface area contributed by atoms with Crippen LogP contribution in [0, 0.1) is 0 Å². The first-order chi connectivity index (χ1) is 7.28.